The summed E-state index contributed by atoms with van der Waals surface area (Å²) in [6.07, 6.45) is 1.46. The van der Waals surface area contributed by atoms with Crippen LogP contribution < -0.4 is 0 Å². The molecule has 2 rings (SSSR count). The Kier molecular flexibility index (Phi) is 7.24. The number of hydrogen-bond donors (Lipinski definition) is 0. The number of nitro benzene ring substituents is 1. The number of benzene rings is 2. The Hall–Kier alpha value is -3.04. The molecule has 0 N–H and O–H groups in total. The van der Waals surface area contributed by atoms with Crippen LogP contribution in [-0.2, 0) is 14.8 Å². The molecule has 0 fully saturated rings. The van der Waals surface area contributed by atoms with Crippen LogP contribution >= 0.6 is 0 Å². The Balaban J connectivity index is 2.06. The largest absolute Gasteiger partial charge is 0.338 e. The van der Waals surface area contributed by atoms with E-state index in [9.17, 15) is 23.3 Å². The van der Waals surface area contributed by atoms with Gasteiger partial charge < -0.3 is 4.90 Å². The maximum absolute atomic E-state index is 12.6. The lowest BCUT2D eigenvalue weighted by molar-refractivity contribution is -0.384. The molecule has 0 heterocycles. The molecule has 9 heteroatoms. The van der Waals surface area contributed by atoms with Gasteiger partial charge >= 0.3 is 0 Å². The van der Waals surface area contributed by atoms with Crippen molar-refractivity contribution in [1.82, 2.24) is 9.21 Å². The van der Waals surface area contributed by atoms with Crippen LogP contribution in [0, 0.1) is 10.1 Å². The topological polar surface area (TPSA) is 101 Å². The highest BCUT2D eigenvalue weighted by molar-refractivity contribution is 7.92. The minimum Gasteiger partial charge on any atom is -0.338 e. The molecule has 1 atom stereocenters. The zero-order chi connectivity index (χ0) is 21.6. The van der Waals surface area contributed by atoms with E-state index in [0.29, 0.717) is 5.56 Å². The van der Waals surface area contributed by atoms with Gasteiger partial charge in [0.15, 0.2) is 0 Å². The average molecular weight is 417 g/mol. The van der Waals surface area contributed by atoms with Gasteiger partial charge in [-0.1, -0.05) is 42.5 Å². The van der Waals surface area contributed by atoms with Gasteiger partial charge in [-0.2, -0.15) is 4.31 Å². The Morgan fingerprint density at radius 3 is 2.41 bits per heavy atom. The van der Waals surface area contributed by atoms with Crippen LogP contribution in [0.3, 0.4) is 0 Å². The third-order valence-corrected chi connectivity index (χ3v) is 6.04. The molecular weight excluding hydrogens is 394 g/mol. The minimum absolute atomic E-state index is 0.0686. The predicted molar refractivity (Wildman–Crippen MR) is 111 cm³/mol. The molecule has 154 valence electrons. The van der Waals surface area contributed by atoms with E-state index in [4.69, 9.17) is 0 Å². The first-order valence-electron chi connectivity index (χ1n) is 8.81. The summed E-state index contributed by atoms with van der Waals surface area (Å²) in [7, 11) is -0.918. The second-order valence-corrected chi connectivity index (χ2v) is 8.47. The number of carbonyl (C=O) groups is 1. The predicted octanol–water partition coefficient (Wildman–Crippen LogP) is 3.05. The Morgan fingerprint density at radius 1 is 1.14 bits per heavy atom. The highest BCUT2D eigenvalue weighted by Crippen LogP contribution is 2.23. The SMILES string of the molecule is C[C@@H](c1cccc([N+](=O)[O-])c1)N(C)C(=O)CN(C)S(=O)(=O)/C=C/c1ccccc1. The van der Waals surface area contributed by atoms with Crippen molar-refractivity contribution in [1.29, 1.82) is 0 Å². The highest BCUT2D eigenvalue weighted by atomic mass is 32.2. The molecule has 0 saturated heterocycles. The van der Waals surface area contributed by atoms with Gasteiger partial charge in [-0.3, -0.25) is 14.9 Å². The number of non-ortho nitro benzene ring substituents is 1. The van der Waals surface area contributed by atoms with Crippen molar-refractivity contribution in [3.05, 3.63) is 81.2 Å². The molecule has 2 aromatic rings. The summed E-state index contributed by atoms with van der Waals surface area (Å²) < 4.78 is 25.8. The lowest BCUT2D eigenvalue weighted by Crippen LogP contribution is -2.39. The fourth-order valence-corrected chi connectivity index (χ4v) is 3.39. The van der Waals surface area contributed by atoms with E-state index in [-0.39, 0.29) is 12.2 Å². The molecule has 0 aliphatic carbocycles. The molecule has 2 aromatic carbocycles. The third-order valence-electron chi connectivity index (χ3n) is 4.56. The summed E-state index contributed by atoms with van der Waals surface area (Å²) >= 11 is 0. The molecule has 29 heavy (non-hydrogen) atoms. The molecule has 0 aromatic heterocycles. The van der Waals surface area contributed by atoms with Gasteiger partial charge in [-0.05, 0) is 24.1 Å². The maximum atomic E-state index is 12.6. The van der Waals surface area contributed by atoms with Crippen molar-refractivity contribution in [3.8, 4) is 0 Å². The smallest absolute Gasteiger partial charge is 0.269 e. The van der Waals surface area contributed by atoms with Gasteiger partial charge in [0.25, 0.3) is 5.69 Å². The first kappa shape index (κ1) is 22.3. The number of nitro groups is 1. The van der Waals surface area contributed by atoms with Crippen molar-refractivity contribution >= 4 is 27.7 Å². The summed E-state index contributed by atoms with van der Waals surface area (Å²) in [5.41, 5.74) is 1.25. The summed E-state index contributed by atoms with van der Waals surface area (Å²) in [6, 6.07) is 14.5. The van der Waals surface area contributed by atoms with E-state index in [1.54, 1.807) is 43.3 Å². The van der Waals surface area contributed by atoms with Crippen molar-refractivity contribution < 1.29 is 18.1 Å². The first-order chi connectivity index (χ1) is 13.6. The molecule has 0 aliphatic heterocycles. The van der Waals surface area contributed by atoms with Gasteiger partial charge in [0, 0.05) is 31.6 Å². The van der Waals surface area contributed by atoms with Crippen LogP contribution in [0.2, 0.25) is 0 Å². The average Bonchev–Trinajstić information content (AvgIpc) is 2.71. The summed E-state index contributed by atoms with van der Waals surface area (Å²) in [4.78, 5) is 24.4. The van der Waals surface area contributed by atoms with Gasteiger partial charge in [0.1, 0.15) is 0 Å². The molecule has 0 spiro atoms. The number of carbonyl (C=O) groups excluding carboxylic acids is 1. The quantitative estimate of drug-likeness (QED) is 0.485. The lowest BCUT2D eigenvalue weighted by Gasteiger charge is -2.27. The number of nitrogens with zero attached hydrogens (tertiary/aromatic N) is 3. The standard InChI is InChI=1S/C20H23N3O5S/c1-16(18-10-7-11-19(14-18)23(25)26)22(3)20(24)15-21(2)29(27,28)13-12-17-8-5-4-6-9-17/h4-14,16H,15H2,1-3H3/b13-12+/t16-/m0/s1. The number of hydrogen-bond acceptors (Lipinski definition) is 5. The van der Waals surface area contributed by atoms with E-state index in [0.717, 1.165) is 15.3 Å². The third kappa shape index (κ3) is 5.97. The summed E-state index contributed by atoms with van der Waals surface area (Å²) in [5, 5.41) is 12.0. The first-order valence-corrected chi connectivity index (χ1v) is 10.3. The number of rotatable bonds is 8. The zero-order valence-electron chi connectivity index (χ0n) is 16.4. The zero-order valence-corrected chi connectivity index (χ0v) is 17.2. The van der Waals surface area contributed by atoms with E-state index in [1.165, 1.54) is 37.2 Å². The van der Waals surface area contributed by atoms with Crippen LogP contribution in [0.25, 0.3) is 6.08 Å². The molecule has 0 bridgehead atoms. The van der Waals surface area contributed by atoms with Crippen molar-refractivity contribution in [3.63, 3.8) is 0 Å². The number of likely N-dealkylation sites (N-methyl/N-ethyl adjacent to an activating group) is 2. The molecule has 1 amide bonds. The fourth-order valence-electron chi connectivity index (χ4n) is 2.56. The summed E-state index contributed by atoms with van der Waals surface area (Å²) in [6.45, 7) is 1.37. The van der Waals surface area contributed by atoms with Gasteiger partial charge in [0.05, 0.1) is 17.5 Å². The van der Waals surface area contributed by atoms with Crippen LogP contribution in [0.5, 0.6) is 0 Å². The number of amides is 1. The highest BCUT2D eigenvalue weighted by Gasteiger charge is 2.24. The van der Waals surface area contributed by atoms with E-state index in [2.05, 4.69) is 0 Å². The van der Waals surface area contributed by atoms with E-state index in [1.807, 2.05) is 6.07 Å². The normalized spacial score (nSPS) is 12.8. The minimum atomic E-state index is -3.78. The second-order valence-electron chi connectivity index (χ2n) is 6.55. The molecule has 0 saturated carbocycles. The molecular formula is C20H23N3O5S. The Labute approximate surface area is 170 Å². The van der Waals surface area contributed by atoms with Crippen LogP contribution in [0.4, 0.5) is 5.69 Å². The van der Waals surface area contributed by atoms with Crippen LogP contribution in [0.1, 0.15) is 24.1 Å². The van der Waals surface area contributed by atoms with Crippen LogP contribution in [0.15, 0.2) is 60.0 Å². The Bertz CT molecular complexity index is 1010. The van der Waals surface area contributed by atoms with E-state index >= 15 is 0 Å². The van der Waals surface area contributed by atoms with Gasteiger partial charge in [-0.25, -0.2) is 8.42 Å². The van der Waals surface area contributed by atoms with Crippen molar-refractivity contribution in [2.75, 3.05) is 20.6 Å². The molecule has 0 unspecified atom stereocenters. The van der Waals surface area contributed by atoms with E-state index < -0.39 is 26.9 Å². The van der Waals surface area contributed by atoms with Gasteiger partial charge in [0.2, 0.25) is 15.9 Å². The lowest BCUT2D eigenvalue weighted by atomic mass is 10.1. The van der Waals surface area contributed by atoms with Gasteiger partial charge in [-0.15, -0.1) is 0 Å². The Morgan fingerprint density at radius 2 is 1.79 bits per heavy atom. The number of sulfonamides is 1. The molecule has 0 aliphatic rings. The monoisotopic (exact) mass is 417 g/mol. The molecule has 8 nitrogen and oxygen atoms in total. The fraction of sp³-hybridized carbons (Fsp3) is 0.250. The summed E-state index contributed by atoms with van der Waals surface area (Å²) in [5.74, 6) is -0.428. The maximum Gasteiger partial charge on any atom is 0.269 e. The van der Waals surface area contributed by atoms with Crippen molar-refractivity contribution in [2.24, 2.45) is 0 Å². The second kappa shape index (κ2) is 9.44. The van der Waals surface area contributed by atoms with Crippen molar-refractivity contribution in [2.45, 2.75) is 13.0 Å². The molecule has 0 radical (unpaired) electrons. The van der Waals surface area contributed by atoms with Crippen LogP contribution in [-0.4, -0.2) is 49.1 Å².